The lowest BCUT2D eigenvalue weighted by Crippen LogP contribution is -2.23. The summed E-state index contributed by atoms with van der Waals surface area (Å²) >= 11 is 0. The van der Waals surface area contributed by atoms with E-state index in [4.69, 9.17) is 5.73 Å². The number of ether oxygens (including phenoxy) is 1. The summed E-state index contributed by atoms with van der Waals surface area (Å²) < 4.78 is 17.4. The number of nitrogens with two attached hydrogens (primary N) is 1. The SMILES string of the molecule is NC(=O)OCCNCc1cccc(F)c1O. The van der Waals surface area contributed by atoms with E-state index in [0.717, 1.165) is 0 Å². The zero-order valence-corrected chi connectivity index (χ0v) is 8.57. The van der Waals surface area contributed by atoms with Gasteiger partial charge in [0.05, 0.1) is 0 Å². The Labute approximate surface area is 92.0 Å². The first kappa shape index (κ1) is 12.3. The van der Waals surface area contributed by atoms with Gasteiger partial charge in [0, 0.05) is 18.7 Å². The molecule has 1 aromatic carbocycles. The molecule has 1 rings (SSSR count). The van der Waals surface area contributed by atoms with Crippen molar-refractivity contribution in [2.45, 2.75) is 6.54 Å². The van der Waals surface area contributed by atoms with Gasteiger partial charge in [-0.3, -0.25) is 0 Å². The van der Waals surface area contributed by atoms with Crippen LogP contribution in [0.15, 0.2) is 18.2 Å². The van der Waals surface area contributed by atoms with Gasteiger partial charge < -0.3 is 20.9 Å². The molecule has 0 bridgehead atoms. The van der Waals surface area contributed by atoms with Crippen LogP contribution in [0.25, 0.3) is 0 Å². The lowest BCUT2D eigenvalue weighted by atomic mass is 10.2. The number of amides is 1. The minimum Gasteiger partial charge on any atom is -0.505 e. The molecule has 0 unspecified atom stereocenters. The summed E-state index contributed by atoms with van der Waals surface area (Å²) in [5, 5.41) is 12.2. The molecule has 6 heteroatoms. The fraction of sp³-hybridized carbons (Fsp3) is 0.300. The Morgan fingerprint density at radius 1 is 1.56 bits per heavy atom. The van der Waals surface area contributed by atoms with Gasteiger partial charge in [-0.05, 0) is 6.07 Å². The number of rotatable bonds is 5. The quantitative estimate of drug-likeness (QED) is 0.648. The van der Waals surface area contributed by atoms with Crippen LogP contribution in [0.1, 0.15) is 5.56 Å². The molecule has 1 amide bonds. The number of hydrogen-bond acceptors (Lipinski definition) is 4. The van der Waals surface area contributed by atoms with Crippen molar-refractivity contribution in [1.82, 2.24) is 5.32 Å². The number of halogens is 1. The molecule has 0 radical (unpaired) electrons. The second-order valence-corrected chi connectivity index (χ2v) is 3.09. The maximum Gasteiger partial charge on any atom is 0.404 e. The number of nitrogens with one attached hydrogen (secondary N) is 1. The van der Waals surface area contributed by atoms with E-state index >= 15 is 0 Å². The topological polar surface area (TPSA) is 84.6 Å². The van der Waals surface area contributed by atoms with Gasteiger partial charge in [-0.15, -0.1) is 0 Å². The molecule has 0 atom stereocenters. The summed E-state index contributed by atoms with van der Waals surface area (Å²) in [6.45, 7) is 0.788. The molecule has 0 aliphatic heterocycles. The van der Waals surface area contributed by atoms with Crippen molar-refractivity contribution < 1.29 is 19.0 Å². The maximum atomic E-state index is 12.9. The molecule has 0 aromatic heterocycles. The van der Waals surface area contributed by atoms with Crippen molar-refractivity contribution >= 4 is 6.09 Å². The number of benzene rings is 1. The lowest BCUT2D eigenvalue weighted by Gasteiger charge is -2.07. The van der Waals surface area contributed by atoms with Gasteiger partial charge in [0.2, 0.25) is 0 Å². The number of para-hydroxylation sites is 1. The Balaban J connectivity index is 2.32. The van der Waals surface area contributed by atoms with Crippen LogP contribution >= 0.6 is 0 Å². The van der Waals surface area contributed by atoms with Crippen molar-refractivity contribution in [3.63, 3.8) is 0 Å². The van der Waals surface area contributed by atoms with Gasteiger partial charge in [0.1, 0.15) is 6.61 Å². The molecule has 0 heterocycles. The number of hydrogen-bond donors (Lipinski definition) is 3. The molecule has 1 aromatic rings. The van der Waals surface area contributed by atoms with Crippen molar-refractivity contribution in [3.05, 3.63) is 29.6 Å². The highest BCUT2D eigenvalue weighted by atomic mass is 19.1. The van der Waals surface area contributed by atoms with Crippen molar-refractivity contribution in [2.75, 3.05) is 13.2 Å². The summed E-state index contributed by atoms with van der Waals surface area (Å²) in [4.78, 5) is 10.2. The summed E-state index contributed by atoms with van der Waals surface area (Å²) in [5.41, 5.74) is 5.19. The van der Waals surface area contributed by atoms with E-state index in [0.29, 0.717) is 12.1 Å². The molecule has 5 nitrogen and oxygen atoms in total. The first-order chi connectivity index (χ1) is 7.61. The van der Waals surface area contributed by atoms with Gasteiger partial charge in [0.25, 0.3) is 0 Å². The molecule has 88 valence electrons. The van der Waals surface area contributed by atoms with Crippen molar-refractivity contribution in [2.24, 2.45) is 5.73 Å². The largest absolute Gasteiger partial charge is 0.505 e. The number of phenolic OH excluding ortho intramolecular Hbond substituents is 1. The highest BCUT2D eigenvalue weighted by Crippen LogP contribution is 2.19. The van der Waals surface area contributed by atoms with E-state index in [-0.39, 0.29) is 18.9 Å². The van der Waals surface area contributed by atoms with Gasteiger partial charge >= 0.3 is 6.09 Å². The first-order valence-corrected chi connectivity index (χ1v) is 4.70. The van der Waals surface area contributed by atoms with Crippen LogP contribution in [0, 0.1) is 5.82 Å². The Morgan fingerprint density at radius 2 is 2.31 bits per heavy atom. The van der Waals surface area contributed by atoms with Crippen LogP contribution in [0.4, 0.5) is 9.18 Å². The molecule has 4 N–H and O–H groups in total. The fourth-order valence-electron chi connectivity index (χ4n) is 1.15. The number of carbonyl (C=O) groups is 1. The number of aromatic hydroxyl groups is 1. The standard InChI is InChI=1S/C10H13FN2O3/c11-8-3-1-2-7(9(8)14)6-13-4-5-16-10(12)15/h1-3,13-14H,4-6H2,(H2,12,15). The van der Waals surface area contributed by atoms with Gasteiger partial charge in [-0.2, -0.15) is 0 Å². The fourth-order valence-corrected chi connectivity index (χ4v) is 1.15. The van der Waals surface area contributed by atoms with Crippen molar-refractivity contribution in [1.29, 1.82) is 0 Å². The predicted molar refractivity (Wildman–Crippen MR) is 55.3 cm³/mol. The van der Waals surface area contributed by atoms with Crippen LogP contribution in [0.3, 0.4) is 0 Å². The molecular formula is C10H13FN2O3. The lowest BCUT2D eigenvalue weighted by molar-refractivity contribution is 0.157. The van der Waals surface area contributed by atoms with Crippen LogP contribution in [-0.4, -0.2) is 24.4 Å². The predicted octanol–water partition coefficient (Wildman–Crippen LogP) is 0.716. The van der Waals surface area contributed by atoms with E-state index in [2.05, 4.69) is 10.1 Å². The molecule has 16 heavy (non-hydrogen) atoms. The highest BCUT2D eigenvalue weighted by molar-refractivity contribution is 5.64. The average Bonchev–Trinajstić information content (AvgIpc) is 2.23. The summed E-state index contributed by atoms with van der Waals surface area (Å²) in [6, 6.07) is 4.28. The smallest absolute Gasteiger partial charge is 0.404 e. The average molecular weight is 228 g/mol. The molecule has 0 saturated heterocycles. The van der Waals surface area contributed by atoms with Crippen LogP contribution < -0.4 is 11.1 Å². The molecule has 0 aliphatic rings. The van der Waals surface area contributed by atoms with Gasteiger partial charge in [-0.1, -0.05) is 12.1 Å². The summed E-state index contributed by atoms with van der Waals surface area (Å²) in [7, 11) is 0. The zero-order valence-electron chi connectivity index (χ0n) is 8.57. The normalized spacial score (nSPS) is 10.1. The minimum atomic E-state index is -0.838. The number of phenols is 1. The van der Waals surface area contributed by atoms with Gasteiger partial charge in [-0.25, -0.2) is 9.18 Å². The van der Waals surface area contributed by atoms with E-state index in [9.17, 15) is 14.3 Å². The van der Waals surface area contributed by atoms with E-state index < -0.39 is 11.9 Å². The second kappa shape index (κ2) is 5.92. The Kier molecular flexibility index (Phi) is 4.53. The Morgan fingerprint density at radius 3 is 3.00 bits per heavy atom. The van der Waals surface area contributed by atoms with Crippen LogP contribution in [-0.2, 0) is 11.3 Å². The zero-order chi connectivity index (χ0) is 12.0. The Bertz CT molecular complexity index is 371. The summed E-state index contributed by atoms with van der Waals surface area (Å²) in [5.74, 6) is -1.03. The first-order valence-electron chi connectivity index (χ1n) is 4.70. The van der Waals surface area contributed by atoms with Gasteiger partial charge in [0.15, 0.2) is 11.6 Å². The van der Waals surface area contributed by atoms with Crippen LogP contribution in [0.5, 0.6) is 5.75 Å². The van der Waals surface area contributed by atoms with Crippen molar-refractivity contribution in [3.8, 4) is 5.75 Å². The molecule has 0 spiro atoms. The molecule has 0 saturated carbocycles. The molecule has 0 fully saturated rings. The third-order valence-corrected chi connectivity index (χ3v) is 1.91. The van der Waals surface area contributed by atoms with E-state index in [1.165, 1.54) is 12.1 Å². The maximum absolute atomic E-state index is 12.9. The third kappa shape index (κ3) is 3.74. The van der Waals surface area contributed by atoms with E-state index in [1.54, 1.807) is 6.07 Å². The number of primary amides is 1. The number of carbonyl (C=O) groups excluding carboxylic acids is 1. The molecule has 0 aliphatic carbocycles. The third-order valence-electron chi connectivity index (χ3n) is 1.91. The Hall–Kier alpha value is -1.82. The molecular weight excluding hydrogens is 215 g/mol. The monoisotopic (exact) mass is 228 g/mol. The van der Waals surface area contributed by atoms with Crippen LogP contribution in [0.2, 0.25) is 0 Å². The second-order valence-electron chi connectivity index (χ2n) is 3.09. The highest BCUT2D eigenvalue weighted by Gasteiger charge is 2.05. The summed E-state index contributed by atoms with van der Waals surface area (Å²) in [6.07, 6.45) is -0.838. The minimum absolute atomic E-state index is 0.130. The van der Waals surface area contributed by atoms with E-state index in [1.807, 2.05) is 0 Å².